The minimum Gasteiger partial charge on any atom is -0.357 e. The van der Waals surface area contributed by atoms with E-state index in [1.54, 1.807) is 6.07 Å². The first-order chi connectivity index (χ1) is 19.1. The Morgan fingerprint density at radius 1 is 0.821 bits per heavy atom. The van der Waals surface area contributed by atoms with Crippen molar-refractivity contribution in [2.75, 3.05) is 15.5 Å². The van der Waals surface area contributed by atoms with Crippen molar-refractivity contribution in [2.24, 2.45) is 11.8 Å². The maximum absolute atomic E-state index is 15.3. The summed E-state index contributed by atoms with van der Waals surface area (Å²) >= 11 is 0. The number of para-hydroxylation sites is 3. The van der Waals surface area contributed by atoms with Crippen LogP contribution in [0.1, 0.15) is 75.3 Å². The average Bonchev–Trinajstić information content (AvgIpc) is 3.37. The van der Waals surface area contributed by atoms with Crippen LogP contribution >= 0.6 is 0 Å². The van der Waals surface area contributed by atoms with Gasteiger partial charge in [-0.2, -0.15) is 0 Å². The maximum atomic E-state index is 15.3. The first-order valence-corrected chi connectivity index (χ1v) is 14.9. The zero-order valence-corrected chi connectivity index (χ0v) is 23.0. The van der Waals surface area contributed by atoms with Crippen LogP contribution in [0.3, 0.4) is 0 Å². The van der Waals surface area contributed by atoms with Crippen molar-refractivity contribution < 1.29 is 9.18 Å². The highest BCUT2D eigenvalue weighted by Crippen LogP contribution is 2.50. The first kappa shape index (κ1) is 25.9. The molecule has 1 amide bonds. The zero-order chi connectivity index (χ0) is 26.8. The molecule has 2 aliphatic carbocycles. The molecule has 5 heteroatoms. The predicted molar refractivity (Wildman–Crippen MR) is 157 cm³/mol. The minimum absolute atomic E-state index is 0.176. The second-order valence-electron chi connectivity index (χ2n) is 11.8. The molecule has 0 bridgehead atoms. The number of anilines is 3. The third kappa shape index (κ3) is 4.92. The van der Waals surface area contributed by atoms with Gasteiger partial charge in [0.1, 0.15) is 11.5 Å². The lowest BCUT2D eigenvalue weighted by Crippen LogP contribution is -2.58. The molecule has 6 rings (SSSR count). The van der Waals surface area contributed by atoms with E-state index in [0.29, 0.717) is 5.56 Å². The highest BCUT2D eigenvalue weighted by atomic mass is 19.1. The fraction of sp³-hybridized carbons (Fsp3) is 0.441. The quantitative estimate of drug-likeness (QED) is 0.340. The molecule has 1 unspecified atom stereocenters. The molecule has 204 valence electrons. The van der Waals surface area contributed by atoms with E-state index in [0.717, 1.165) is 74.0 Å². The smallest absolute Gasteiger partial charge is 0.235 e. The third-order valence-corrected chi connectivity index (χ3v) is 9.27. The van der Waals surface area contributed by atoms with Gasteiger partial charge in [0, 0.05) is 11.7 Å². The van der Waals surface area contributed by atoms with Gasteiger partial charge in [0.2, 0.25) is 5.91 Å². The van der Waals surface area contributed by atoms with Gasteiger partial charge in [0.25, 0.3) is 0 Å². The molecule has 0 radical (unpaired) electrons. The number of carbonyl (C=O) groups excluding carboxylic acids is 1. The Morgan fingerprint density at radius 2 is 1.41 bits per heavy atom. The molecule has 0 aromatic heterocycles. The second-order valence-corrected chi connectivity index (χ2v) is 11.8. The molecular formula is C34H40FN3O. The summed E-state index contributed by atoms with van der Waals surface area (Å²) in [6.45, 7) is 1.81. The van der Waals surface area contributed by atoms with Crippen molar-refractivity contribution in [1.29, 1.82) is 0 Å². The van der Waals surface area contributed by atoms with Gasteiger partial charge in [-0.05, 0) is 86.1 Å². The molecule has 1 atom stereocenters. The SMILES string of the molecule is Cc1cc(C2(C(C(=O)N(c3ccccc3)C3CCCCC3)C3CCCCC3)Nc3ccccc3N2)ccc1F. The second kappa shape index (κ2) is 11.0. The number of nitrogens with zero attached hydrogens (tertiary/aromatic N) is 1. The number of hydrogen-bond acceptors (Lipinski definition) is 3. The van der Waals surface area contributed by atoms with Gasteiger partial charge in [-0.25, -0.2) is 4.39 Å². The largest absolute Gasteiger partial charge is 0.357 e. The van der Waals surface area contributed by atoms with Gasteiger partial charge in [0.15, 0.2) is 0 Å². The number of nitrogens with one attached hydrogen (secondary N) is 2. The molecule has 3 aromatic carbocycles. The lowest BCUT2D eigenvalue weighted by Gasteiger charge is -2.47. The molecule has 1 aliphatic heterocycles. The van der Waals surface area contributed by atoms with E-state index in [-0.39, 0.29) is 29.6 Å². The van der Waals surface area contributed by atoms with Gasteiger partial charge in [-0.1, -0.05) is 74.9 Å². The van der Waals surface area contributed by atoms with Crippen molar-refractivity contribution in [3.8, 4) is 0 Å². The molecule has 3 aliphatic rings. The molecule has 2 fully saturated rings. The van der Waals surface area contributed by atoms with E-state index in [1.807, 2.05) is 49.4 Å². The van der Waals surface area contributed by atoms with Gasteiger partial charge in [-0.15, -0.1) is 0 Å². The van der Waals surface area contributed by atoms with Gasteiger partial charge >= 0.3 is 0 Å². The maximum Gasteiger partial charge on any atom is 0.235 e. The third-order valence-electron chi connectivity index (χ3n) is 9.27. The van der Waals surface area contributed by atoms with Gasteiger partial charge < -0.3 is 15.5 Å². The fourth-order valence-electron chi connectivity index (χ4n) is 7.33. The molecule has 39 heavy (non-hydrogen) atoms. The number of amides is 1. The zero-order valence-electron chi connectivity index (χ0n) is 23.0. The van der Waals surface area contributed by atoms with Crippen LogP contribution in [-0.2, 0) is 10.5 Å². The standard InChI is InChI=1S/C34H40FN3O/c1-24-23-26(21-22-29(24)35)34(36-30-19-11-12-20-31(30)37-34)32(25-13-5-2-6-14-25)33(39)38(27-15-7-3-8-16-27)28-17-9-4-10-18-28/h3,7-8,11-12,15-16,19-23,25,28,32,36-37H,2,4-6,9-10,13-14,17-18H2,1H3. The highest BCUT2D eigenvalue weighted by Gasteiger charge is 2.53. The van der Waals surface area contributed by atoms with Crippen molar-refractivity contribution in [2.45, 2.75) is 82.8 Å². The van der Waals surface area contributed by atoms with Crippen LogP contribution in [0.25, 0.3) is 0 Å². The Balaban J connectivity index is 1.52. The summed E-state index contributed by atoms with van der Waals surface area (Å²) in [5.74, 6) is -0.203. The molecular weight excluding hydrogens is 485 g/mol. The van der Waals surface area contributed by atoms with Crippen LogP contribution in [0.4, 0.5) is 21.5 Å². The molecule has 4 nitrogen and oxygen atoms in total. The Hall–Kier alpha value is -3.34. The van der Waals surface area contributed by atoms with Crippen molar-refractivity contribution in [3.05, 3.63) is 89.7 Å². The lowest BCUT2D eigenvalue weighted by atomic mass is 9.70. The monoisotopic (exact) mass is 525 g/mol. The Labute approximate surface area is 232 Å². The first-order valence-electron chi connectivity index (χ1n) is 14.9. The van der Waals surface area contributed by atoms with Gasteiger partial charge in [0.05, 0.1) is 17.3 Å². The Morgan fingerprint density at radius 3 is 2.03 bits per heavy atom. The van der Waals surface area contributed by atoms with E-state index in [2.05, 4.69) is 39.8 Å². The molecule has 0 saturated heterocycles. The van der Waals surface area contributed by atoms with Crippen LogP contribution in [0.5, 0.6) is 0 Å². The summed E-state index contributed by atoms with van der Waals surface area (Å²) in [5.41, 5.74) is 3.58. The number of benzene rings is 3. The lowest BCUT2D eigenvalue weighted by molar-refractivity contribution is -0.127. The summed E-state index contributed by atoms with van der Waals surface area (Å²) in [7, 11) is 0. The number of carbonyl (C=O) groups is 1. The predicted octanol–water partition coefficient (Wildman–Crippen LogP) is 8.39. The Bertz CT molecular complexity index is 1270. The normalized spacial score (nSPS) is 19.9. The fourth-order valence-corrected chi connectivity index (χ4v) is 7.33. The summed E-state index contributed by atoms with van der Waals surface area (Å²) < 4.78 is 14.6. The van der Waals surface area contributed by atoms with Crippen LogP contribution in [0, 0.1) is 24.6 Å². The van der Waals surface area contributed by atoms with Crippen LogP contribution < -0.4 is 15.5 Å². The summed E-state index contributed by atoms with van der Waals surface area (Å²) in [4.78, 5) is 17.4. The van der Waals surface area contributed by atoms with Crippen molar-refractivity contribution in [3.63, 3.8) is 0 Å². The number of halogens is 1. The molecule has 1 heterocycles. The van der Waals surface area contributed by atoms with Crippen LogP contribution in [0.15, 0.2) is 72.8 Å². The molecule has 2 N–H and O–H groups in total. The minimum atomic E-state index is -0.872. The molecule has 0 spiro atoms. The number of hydrogen-bond donors (Lipinski definition) is 2. The number of fused-ring (bicyclic) bond motifs is 1. The van der Waals surface area contributed by atoms with E-state index >= 15 is 4.79 Å². The van der Waals surface area contributed by atoms with E-state index in [1.165, 1.54) is 12.8 Å². The van der Waals surface area contributed by atoms with Crippen LogP contribution in [0.2, 0.25) is 0 Å². The van der Waals surface area contributed by atoms with Crippen molar-refractivity contribution >= 4 is 23.0 Å². The summed E-state index contributed by atoms with van der Waals surface area (Å²) in [5, 5.41) is 7.63. The topological polar surface area (TPSA) is 44.4 Å². The number of aryl methyl sites for hydroxylation is 1. The Kier molecular flexibility index (Phi) is 7.33. The summed E-state index contributed by atoms with van der Waals surface area (Å²) in [6, 6.07) is 24.0. The van der Waals surface area contributed by atoms with E-state index in [9.17, 15) is 4.39 Å². The highest BCUT2D eigenvalue weighted by molar-refractivity contribution is 5.98. The van der Waals surface area contributed by atoms with E-state index < -0.39 is 5.66 Å². The number of rotatable bonds is 6. The molecule has 2 saturated carbocycles. The molecule has 3 aromatic rings. The van der Waals surface area contributed by atoms with Crippen molar-refractivity contribution in [1.82, 2.24) is 0 Å². The van der Waals surface area contributed by atoms with E-state index in [4.69, 9.17) is 0 Å². The summed E-state index contributed by atoms with van der Waals surface area (Å²) in [6.07, 6.45) is 11.1. The van der Waals surface area contributed by atoms with Gasteiger partial charge in [-0.3, -0.25) is 4.79 Å². The average molecular weight is 526 g/mol. The van der Waals surface area contributed by atoms with Crippen LogP contribution in [-0.4, -0.2) is 11.9 Å².